The minimum atomic E-state index is -0.592. The van der Waals surface area contributed by atoms with Crippen LogP contribution in [0.4, 0.5) is 11.5 Å². The van der Waals surface area contributed by atoms with Gasteiger partial charge in [0, 0.05) is 12.6 Å². The van der Waals surface area contributed by atoms with Gasteiger partial charge >= 0.3 is 0 Å². The van der Waals surface area contributed by atoms with E-state index in [4.69, 9.17) is 5.26 Å². The maximum atomic E-state index is 10.4. The second-order valence-corrected chi connectivity index (χ2v) is 2.63. The minimum Gasteiger partial charge on any atom is -0.366 e. The van der Waals surface area contributed by atoms with E-state index in [1.54, 1.807) is 6.08 Å². The number of hydrogen-bond donors (Lipinski definition) is 1. The molecule has 0 saturated carbocycles. The Morgan fingerprint density at radius 2 is 2.53 bits per heavy atom. The summed E-state index contributed by atoms with van der Waals surface area (Å²) in [6, 6.07) is 3.01. The van der Waals surface area contributed by atoms with Crippen molar-refractivity contribution in [3.63, 3.8) is 0 Å². The van der Waals surface area contributed by atoms with E-state index in [9.17, 15) is 10.1 Å². The number of nitro groups is 1. The third-order valence-corrected chi connectivity index (χ3v) is 1.62. The van der Waals surface area contributed by atoms with Gasteiger partial charge in [0.1, 0.15) is 23.6 Å². The summed E-state index contributed by atoms with van der Waals surface area (Å²) in [6.45, 7) is 3.94. The lowest BCUT2D eigenvalue weighted by Gasteiger charge is -2.03. The summed E-state index contributed by atoms with van der Waals surface area (Å²) in [6.07, 6.45) is 2.70. The molecule has 0 spiro atoms. The number of nitriles is 1. The summed E-state index contributed by atoms with van der Waals surface area (Å²) >= 11 is 0. The Hall–Kier alpha value is -2.42. The van der Waals surface area contributed by atoms with Crippen molar-refractivity contribution in [3.8, 4) is 6.07 Å². The topological polar surface area (TPSA) is 91.8 Å². The quantitative estimate of drug-likeness (QED) is 0.455. The van der Waals surface area contributed by atoms with Crippen LogP contribution in [0.15, 0.2) is 24.9 Å². The number of pyridine rings is 1. The van der Waals surface area contributed by atoms with Crippen LogP contribution in [0.2, 0.25) is 0 Å². The van der Waals surface area contributed by atoms with Crippen molar-refractivity contribution in [1.82, 2.24) is 4.98 Å². The lowest BCUT2D eigenvalue weighted by atomic mass is 10.2. The van der Waals surface area contributed by atoms with Gasteiger partial charge < -0.3 is 5.32 Å². The zero-order valence-corrected chi connectivity index (χ0v) is 7.80. The van der Waals surface area contributed by atoms with Crippen molar-refractivity contribution in [2.24, 2.45) is 0 Å². The van der Waals surface area contributed by atoms with E-state index >= 15 is 0 Å². The van der Waals surface area contributed by atoms with E-state index in [1.165, 1.54) is 6.07 Å². The molecule has 0 bridgehead atoms. The molecule has 0 aliphatic carbocycles. The monoisotopic (exact) mass is 204 g/mol. The molecule has 1 N–H and O–H groups in total. The Morgan fingerprint density at radius 1 is 1.80 bits per heavy atom. The lowest BCUT2D eigenvalue weighted by Crippen LogP contribution is -2.03. The summed E-state index contributed by atoms with van der Waals surface area (Å²) < 4.78 is 0. The first-order chi connectivity index (χ1) is 7.19. The summed E-state index contributed by atoms with van der Waals surface area (Å²) in [7, 11) is 0. The van der Waals surface area contributed by atoms with Crippen LogP contribution < -0.4 is 5.32 Å². The van der Waals surface area contributed by atoms with Crippen molar-refractivity contribution >= 4 is 11.5 Å². The van der Waals surface area contributed by atoms with E-state index in [0.29, 0.717) is 12.4 Å². The van der Waals surface area contributed by atoms with E-state index < -0.39 is 4.92 Å². The van der Waals surface area contributed by atoms with Gasteiger partial charge in [-0.25, -0.2) is 4.98 Å². The lowest BCUT2D eigenvalue weighted by molar-refractivity contribution is -0.385. The molecule has 0 aliphatic heterocycles. The second-order valence-electron chi connectivity index (χ2n) is 2.63. The predicted molar refractivity (Wildman–Crippen MR) is 54.3 cm³/mol. The summed E-state index contributed by atoms with van der Waals surface area (Å²) in [4.78, 5) is 13.6. The van der Waals surface area contributed by atoms with Crippen molar-refractivity contribution in [2.45, 2.75) is 0 Å². The maximum Gasteiger partial charge on any atom is 0.289 e. The van der Waals surface area contributed by atoms with Crippen molar-refractivity contribution in [2.75, 3.05) is 11.9 Å². The average molecular weight is 204 g/mol. The van der Waals surface area contributed by atoms with Gasteiger partial charge in [0.15, 0.2) is 0 Å². The van der Waals surface area contributed by atoms with Crippen molar-refractivity contribution < 1.29 is 4.92 Å². The molecule has 15 heavy (non-hydrogen) atoms. The number of nitrogens with one attached hydrogen (secondary N) is 1. The first-order valence-electron chi connectivity index (χ1n) is 4.08. The van der Waals surface area contributed by atoms with Gasteiger partial charge in [0.25, 0.3) is 5.69 Å². The first kappa shape index (κ1) is 10.7. The Bertz CT molecular complexity index is 436. The molecule has 1 aromatic rings. The Labute approximate surface area is 86.0 Å². The van der Waals surface area contributed by atoms with E-state index in [0.717, 1.165) is 6.20 Å². The zero-order valence-electron chi connectivity index (χ0n) is 7.80. The van der Waals surface area contributed by atoms with Crippen LogP contribution >= 0.6 is 0 Å². The molecule has 0 amide bonds. The highest BCUT2D eigenvalue weighted by molar-refractivity contribution is 5.55. The fourth-order valence-corrected chi connectivity index (χ4v) is 0.949. The molecule has 0 atom stereocenters. The fourth-order valence-electron chi connectivity index (χ4n) is 0.949. The van der Waals surface area contributed by atoms with Crippen LogP contribution in [-0.2, 0) is 0 Å². The highest BCUT2D eigenvalue weighted by Crippen LogP contribution is 2.17. The molecule has 0 fully saturated rings. The van der Waals surface area contributed by atoms with Gasteiger partial charge in [-0.1, -0.05) is 6.08 Å². The molecule has 0 unspecified atom stereocenters. The smallest absolute Gasteiger partial charge is 0.289 e. The van der Waals surface area contributed by atoms with Crippen LogP contribution in [-0.4, -0.2) is 16.5 Å². The largest absolute Gasteiger partial charge is 0.366 e. The average Bonchev–Trinajstić information content (AvgIpc) is 2.25. The predicted octanol–water partition coefficient (Wildman–Crippen LogP) is 1.46. The molecule has 1 rings (SSSR count). The fraction of sp³-hybridized carbons (Fsp3) is 0.111. The van der Waals surface area contributed by atoms with Crippen LogP contribution in [0.25, 0.3) is 0 Å². The molecule has 1 aromatic heterocycles. The minimum absolute atomic E-state index is 0.144. The van der Waals surface area contributed by atoms with Gasteiger partial charge in [-0.3, -0.25) is 10.1 Å². The summed E-state index contributed by atoms with van der Waals surface area (Å²) in [5, 5.41) is 22.0. The highest BCUT2D eigenvalue weighted by atomic mass is 16.6. The molecule has 1 heterocycles. The van der Waals surface area contributed by atoms with Crippen molar-refractivity contribution in [3.05, 3.63) is 40.6 Å². The van der Waals surface area contributed by atoms with Gasteiger partial charge in [-0.05, 0) is 0 Å². The zero-order chi connectivity index (χ0) is 11.3. The molecular formula is C9H8N4O2. The number of anilines is 1. The van der Waals surface area contributed by atoms with Gasteiger partial charge in [0.2, 0.25) is 0 Å². The highest BCUT2D eigenvalue weighted by Gasteiger charge is 2.11. The third kappa shape index (κ3) is 2.51. The van der Waals surface area contributed by atoms with Crippen LogP contribution in [0.5, 0.6) is 0 Å². The summed E-state index contributed by atoms with van der Waals surface area (Å²) in [5.41, 5.74) is -0.0539. The first-order valence-corrected chi connectivity index (χ1v) is 4.08. The number of rotatable bonds is 4. The van der Waals surface area contributed by atoms with Crippen molar-refractivity contribution in [1.29, 1.82) is 5.26 Å². The second kappa shape index (κ2) is 4.72. The maximum absolute atomic E-state index is 10.4. The molecule has 0 saturated heterocycles. The van der Waals surface area contributed by atoms with Gasteiger partial charge in [-0.2, -0.15) is 5.26 Å². The molecule has 0 radical (unpaired) electrons. The molecule has 6 heteroatoms. The number of nitrogens with zero attached hydrogens (tertiary/aromatic N) is 3. The molecule has 6 nitrogen and oxygen atoms in total. The number of hydrogen-bond acceptors (Lipinski definition) is 5. The Kier molecular flexibility index (Phi) is 3.35. The van der Waals surface area contributed by atoms with Gasteiger partial charge in [0.05, 0.1) is 4.92 Å². The molecule has 76 valence electrons. The van der Waals surface area contributed by atoms with E-state index in [2.05, 4.69) is 16.9 Å². The normalized spacial score (nSPS) is 9.00. The van der Waals surface area contributed by atoms with E-state index in [1.807, 2.05) is 6.07 Å². The molecule has 0 aliphatic rings. The molecule has 0 aromatic carbocycles. The number of aromatic nitrogens is 1. The Morgan fingerprint density at radius 3 is 3.07 bits per heavy atom. The van der Waals surface area contributed by atoms with Crippen LogP contribution in [0, 0.1) is 21.4 Å². The van der Waals surface area contributed by atoms with Gasteiger partial charge in [-0.15, -0.1) is 6.58 Å². The van der Waals surface area contributed by atoms with E-state index in [-0.39, 0.29) is 11.3 Å². The standard InChI is InChI=1S/C9H8N4O2/c1-2-3-11-9-7(5-10)4-8(6-12-9)13(14)15/h2,4,6H,1,3H2,(H,11,12). The third-order valence-electron chi connectivity index (χ3n) is 1.62. The molecular weight excluding hydrogens is 196 g/mol. The van der Waals surface area contributed by atoms with Crippen LogP contribution in [0.1, 0.15) is 5.56 Å². The summed E-state index contributed by atoms with van der Waals surface area (Å²) in [5.74, 6) is 0.322. The van der Waals surface area contributed by atoms with Crippen LogP contribution in [0.3, 0.4) is 0 Å². The Balaban J connectivity index is 3.05. The SMILES string of the molecule is C=CCNc1ncc([N+](=O)[O-])cc1C#N.